The zero-order valence-electron chi connectivity index (χ0n) is 42.3. The molecule has 0 aliphatic carbocycles. The van der Waals surface area contributed by atoms with Crippen molar-refractivity contribution in [3.05, 3.63) is 152 Å². The number of nitrogens with one attached hydrogen (secondary N) is 4. The predicted octanol–water partition coefficient (Wildman–Crippen LogP) is 7.22. The molecule has 4 aromatic carbocycles. The van der Waals surface area contributed by atoms with Crippen LogP contribution in [0.5, 0.6) is 11.8 Å². The van der Waals surface area contributed by atoms with E-state index in [1.54, 1.807) is 102 Å². The molecule has 0 aliphatic rings. The molecule has 2 amide bonds. The highest BCUT2D eigenvalue weighted by molar-refractivity contribution is 7.93. The number of sulfonamides is 2. The van der Waals surface area contributed by atoms with Gasteiger partial charge in [0.05, 0.1) is 70.3 Å². The number of amides is 2. The Bertz CT molecular complexity index is 3660. The first-order valence-electron chi connectivity index (χ1n) is 23.2. The zero-order valence-corrected chi connectivity index (χ0v) is 45.4. The summed E-state index contributed by atoms with van der Waals surface area (Å²) >= 11 is 12.3. The Morgan fingerprint density at radius 1 is 0.566 bits per heavy atom. The summed E-state index contributed by atoms with van der Waals surface area (Å²) in [5.41, 5.74) is 4.42. The van der Waals surface area contributed by atoms with Gasteiger partial charge in [0.15, 0.2) is 0 Å². The molecule has 2 atom stereocenters. The summed E-state index contributed by atoms with van der Waals surface area (Å²) in [4.78, 5) is 67.4. The summed E-state index contributed by atoms with van der Waals surface area (Å²) < 4.78 is 70.6. The van der Waals surface area contributed by atoms with Gasteiger partial charge in [-0.05, 0) is 96.8 Å². The minimum absolute atomic E-state index is 0.0103. The summed E-state index contributed by atoms with van der Waals surface area (Å²) in [5.74, 6) is -1.07. The largest absolute Gasteiger partial charge is 0.480 e. The first kappa shape index (κ1) is 55.8. The van der Waals surface area contributed by atoms with E-state index in [2.05, 4.69) is 40.0 Å². The van der Waals surface area contributed by atoms with Crippen molar-refractivity contribution in [2.45, 2.75) is 50.6 Å². The molecule has 0 fully saturated rings. The lowest BCUT2D eigenvalue weighted by Gasteiger charge is -2.14. The van der Waals surface area contributed by atoms with Crippen LogP contribution >= 0.6 is 23.2 Å². The smallest absolute Gasteiger partial charge is 0.262 e. The fourth-order valence-corrected chi connectivity index (χ4v) is 10.4. The number of carbonyl (C=O) groups is 2. The number of fused-ring (bicyclic) bond motifs is 2. The maximum Gasteiger partial charge on any atom is 0.262 e. The number of benzene rings is 4. The third kappa shape index (κ3) is 12.4. The summed E-state index contributed by atoms with van der Waals surface area (Å²) in [6, 6.07) is 22.3. The Balaban J connectivity index is 0.000000221. The van der Waals surface area contributed by atoms with Crippen molar-refractivity contribution < 1.29 is 35.9 Å². The third-order valence-corrected chi connectivity index (χ3v) is 15.7. The molecule has 0 radical (unpaired) electrons. The third-order valence-electron chi connectivity index (χ3n) is 12.1. The average molecular weight is 1110 g/mol. The zero-order chi connectivity index (χ0) is 55.2. The lowest BCUT2D eigenvalue weighted by molar-refractivity contribution is -0.125. The van der Waals surface area contributed by atoms with E-state index in [9.17, 15) is 36.0 Å². The molecule has 0 spiro atoms. The molecule has 4 heterocycles. The van der Waals surface area contributed by atoms with Crippen LogP contribution in [0, 0.1) is 25.7 Å². The van der Waals surface area contributed by atoms with Crippen molar-refractivity contribution in [3.8, 4) is 34.0 Å². The lowest BCUT2D eigenvalue weighted by atomic mass is 10.0. The van der Waals surface area contributed by atoms with Gasteiger partial charge < -0.3 is 20.1 Å². The number of methoxy groups -OCH3 is 2. The van der Waals surface area contributed by atoms with Crippen molar-refractivity contribution in [2.75, 3.05) is 37.8 Å². The molecule has 396 valence electrons. The topological polar surface area (TPSA) is 265 Å². The van der Waals surface area contributed by atoms with E-state index in [1.807, 2.05) is 0 Å². The first-order chi connectivity index (χ1) is 36.1. The van der Waals surface area contributed by atoms with Crippen LogP contribution in [0.2, 0.25) is 10.0 Å². The van der Waals surface area contributed by atoms with Gasteiger partial charge in [0.1, 0.15) is 11.4 Å². The molecule has 8 rings (SSSR count). The number of carbonyl (C=O) groups excluding carboxylic acids is 2. The van der Waals surface area contributed by atoms with Crippen molar-refractivity contribution in [1.29, 1.82) is 0 Å². The van der Waals surface area contributed by atoms with Gasteiger partial charge in [-0.15, -0.1) is 0 Å². The van der Waals surface area contributed by atoms with E-state index in [0.717, 1.165) is 11.1 Å². The molecule has 8 aromatic rings. The molecule has 24 heteroatoms. The van der Waals surface area contributed by atoms with Gasteiger partial charge >= 0.3 is 0 Å². The van der Waals surface area contributed by atoms with Crippen LogP contribution in [0.1, 0.15) is 25.0 Å². The lowest BCUT2D eigenvalue weighted by Crippen LogP contribution is -2.32. The Labute approximate surface area is 447 Å². The van der Waals surface area contributed by atoms with Crippen LogP contribution in [0.3, 0.4) is 0 Å². The monoisotopic (exact) mass is 1110 g/mol. The Kier molecular flexibility index (Phi) is 17.1. The van der Waals surface area contributed by atoms with Gasteiger partial charge in [-0.3, -0.25) is 37.8 Å². The molecule has 0 unspecified atom stereocenters. The van der Waals surface area contributed by atoms with Gasteiger partial charge in [0.25, 0.3) is 31.2 Å². The molecule has 76 heavy (non-hydrogen) atoms. The minimum atomic E-state index is -4.00. The number of hydrogen-bond donors (Lipinski definition) is 4. The fraction of sp³-hybridized carbons (Fsp3) is 0.231. The van der Waals surface area contributed by atoms with Crippen LogP contribution in [0.25, 0.3) is 44.1 Å². The van der Waals surface area contributed by atoms with E-state index >= 15 is 0 Å². The highest BCUT2D eigenvalue weighted by Gasteiger charge is 2.22. The van der Waals surface area contributed by atoms with Gasteiger partial charge in [0, 0.05) is 60.8 Å². The maximum atomic E-state index is 13.2. The molecule has 0 saturated heterocycles. The standard InChI is InChI=1S/2C26H26ClN5O5S/c2*1-15-5-7-19(11-21(15)27)38(35,36)31-23-10-18(12-29-25(23)37-4)17-6-8-22-20(9-17)26(34)32(14-30-22)13-16(2)24(33)28-3/h2*5-12,14,16,31H,13H2,1-4H3,(H,28,33)/t2*16-/m10/s1. The fourth-order valence-electron chi connectivity index (χ4n) is 7.77. The molecule has 0 bridgehead atoms. The Hall–Kier alpha value is -7.92. The van der Waals surface area contributed by atoms with E-state index in [0.29, 0.717) is 54.1 Å². The number of anilines is 2. The van der Waals surface area contributed by atoms with E-state index in [-0.39, 0.29) is 68.9 Å². The number of halogens is 2. The highest BCUT2D eigenvalue weighted by Crippen LogP contribution is 2.34. The molecule has 20 nitrogen and oxygen atoms in total. The van der Waals surface area contributed by atoms with Gasteiger partial charge in [0.2, 0.25) is 23.6 Å². The minimum Gasteiger partial charge on any atom is -0.480 e. The quantitative estimate of drug-likeness (QED) is 0.0744. The summed E-state index contributed by atoms with van der Waals surface area (Å²) in [6.45, 7) is 7.34. The number of aromatic nitrogens is 6. The number of nitrogens with zero attached hydrogens (tertiary/aromatic N) is 6. The molecular weight excluding hydrogens is 1060 g/mol. The van der Waals surface area contributed by atoms with Crippen LogP contribution in [-0.4, -0.2) is 86.0 Å². The van der Waals surface area contributed by atoms with E-state index in [1.165, 1.54) is 72.7 Å². The Morgan fingerprint density at radius 3 is 1.29 bits per heavy atom. The van der Waals surface area contributed by atoms with E-state index in [4.69, 9.17) is 32.7 Å². The summed E-state index contributed by atoms with van der Waals surface area (Å²) in [7, 11) is -2.16. The number of aryl methyl sites for hydroxylation is 2. The van der Waals surface area contributed by atoms with Crippen LogP contribution in [0.15, 0.2) is 129 Å². The second-order valence-electron chi connectivity index (χ2n) is 17.5. The van der Waals surface area contributed by atoms with Crippen molar-refractivity contribution in [3.63, 3.8) is 0 Å². The highest BCUT2D eigenvalue weighted by atomic mass is 35.5. The van der Waals surface area contributed by atoms with Gasteiger partial charge in [-0.25, -0.2) is 36.8 Å². The van der Waals surface area contributed by atoms with Crippen molar-refractivity contribution >= 4 is 88.2 Å². The predicted molar refractivity (Wildman–Crippen MR) is 292 cm³/mol. The normalized spacial score (nSPS) is 12.2. The van der Waals surface area contributed by atoms with Gasteiger partial charge in [-0.2, -0.15) is 0 Å². The number of pyridine rings is 2. The van der Waals surface area contributed by atoms with Gasteiger partial charge in [-0.1, -0.05) is 61.3 Å². The molecule has 0 saturated carbocycles. The van der Waals surface area contributed by atoms with Crippen LogP contribution < -0.4 is 40.7 Å². The maximum absolute atomic E-state index is 13.2. The first-order valence-corrected chi connectivity index (χ1v) is 26.9. The molecule has 4 aromatic heterocycles. The van der Waals surface area contributed by atoms with Crippen LogP contribution in [-0.2, 0) is 42.7 Å². The molecule has 4 N–H and O–H groups in total. The second kappa shape index (κ2) is 23.3. The van der Waals surface area contributed by atoms with Crippen molar-refractivity contribution in [2.24, 2.45) is 11.8 Å². The molecule has 0 aliphatic heterocycles. The SMILES string of the molecule is CNC(=O)[C@@H](C)Cn1cnc2ccc(-c3cnc(OC)c(NS(=O)(=O)c4ccc(C)c(Cl)c4)c3)cc2c1=O.CNC(=O)[C@H](C)Cn1cnc2ccc(-c3cnc(OC)c(NS(=O)(=O)c4ccc(C)c(Cl)c4)c3)cc2c1=O. The summed E-state index contributed by atoms with van der Waals surface area (Å²) in [6.07, 6.45) is 5.87. The van der Waals surface area contributed by atoms with Crippen LogP contribution in [0.4, 0.5) is 11.4 Å². The summed E-state index contributed by atoms with van der Waals surface area (Å²) in [5, 5.41) is 6.49. The molecular formula is C52H52Cl2N10O10S2. The van der Waals surface area contributed by atoms with Crippen molar-refractivity contribution in [1.82, 2.24) is 39.7 Å². The average Bonchev–Trinajstić information content (AvgIpc) is 3.40. The number of ether oxygens (including phenoxy) is 2. The second-order valence-corrected chi connectivity index (χ2v) is 21.7. The number of rotatable bonds is 16. The Morgan fingerprint density at radius 2 is 0.947 bits per heavy atom. The van der Waals surface area contributed by atoms with E-state index < -0.39 is 31.9 Å². The number of hydrogen-bond acceptors (Lipinski definition) is 14.